The van der Waals surface area contributed by atoms with E-state index < -0.39 is 6.03 Å². The smallest absolute Gasteiger partial charge is 0.242 e. The van der Waals surface area contributed by atoms with E-state index in [4.69, 9.17) is 0 Å². The molecule has 0 aliphatic carbocycles. The Bertz CT molecular complexity index is 110. The highest BCUT2D eigenvalue weighted by Crippen LogP contribution is 1.82. The maximum atomic E-state index is 9.50. The summed E-state index contributed by atoms with van der Waals surface area (Å²) in [7, 11) is 0. The second-order valence-electron chi connectivity index (χ2n) is 0.606. The van der Waals surface area contributed by atoms with Gasteiger partial charge in [0.1, 0.15) is 6.01 Å². The Labute approximate surface area is 28.1 Å². The molecular formula is C2N2O. The summed E-state index contributed by atoms with van der Waals surface area (Å²) in [5.41, 5.74) is 0. The van der Waals surface area contributed by atoms with E-state index in [9.17, 15) is 4.79 Å². The van der Waals surface area contributed by atoms with Crippen LogP contribution in [0.5, 0.6) is 0 Å². The van der Waals surface area contributed by atoms with Gasteiger partial charge in [-0.1, -0.05) is 0 Å². The summed E-state index contributed by atoms with van der Waals surface area (Å²) in [5.74, 6) is 0. The third kappa shape index (κ3) is 0.132. The average Bonchev–Trinajstić information content (AvgIpc) is 1.30. The quantitative estimate of drug-likeness (QED) is 0.402. The molecule has 0 aromatic heterocycles. The summed E-state index contributed by atoms with van der Waals surface area (Å²) in [6.07, 6.45) is 0. The minimum absolute atomic E-state index is 0.426. The molecule has 3 heteroatoms. The van der Waals surface area contributed by atoms with Gasteiger partial charge in [-0.25, -0.2) is 4.79 Å². The molecule has 3 nitrogen and oxygen atoms in total. The molecule has 5 heavy (non-hydrogen) atoms. The number of rotatable bonds is 0. The summed E-state index contributed by atoms with van der Waals surface area (Å²) < 4.78 is 0. The highest BCUT2D eigenvalue weighted by Gasteiger charge is 1.94. The summed E-state index contributed by atoms with van der Waals surface area (Å²) >= 11 is 0. The molecule has 0 aromatic carbocycles. The maximum absolute atomic E-state index is 9.50. The summed E-state index contributed by atoms with van der Waals surface area (Å²) in [6.45, 7) is 0. The zero-order valence-corrected chi connectivity index (χ0v) is 2.30. The lowest BCUT2D eigenvalue weighted by atomic mass is 11.0. The highest BCUT2D eigenvalue weighted by atomic mass is 16.2. The molecule has 2 amide bonds. The SMILES string of the molecule is O=C1N=C=N1. The molecule has 1 aliphatic heterocycles. The van der Waals surface area contributed by atoms with Gasteiger partial charge in [0.2, 0.25) is 0 Å². The first-order valence-corrected chi connectivity index (χ1v) is 1.10. The van der Waals surface area contributed by atoms with E-state index in [1.807, 2.05) is 0 Å². The van der Waals surface area contributed by atoms with E-state index in [1.165, 1.54) is 0 Å². The van der Waals surface area contributed by atoms with Gasteiger partial charge in [0.25, 0.3) is 0 Å². The molecule has 0 aromatic rings. The van der Waals surface area contributed by atoms with E-state index in [-0.39, 0.29) is 0 Å². The number of nitrogens with zero attached hydrogens (tertiary/aromatic N) is 2. The van der Waals surface area contributed by atoms with Crippen molar-refractivity contribution in [3.63, 3.8) is 0 Å². The fourth-order valence-corrected chi connectivity index (χ4v) is 0.0908. The van der Waals surface area contributed by atoms with E-state index in [0.29, 0.717) is 0 Å². The van der Waals surface area contributed by atoms with Crippen LogP contribution < -0.4 is 0 Å². The zero-order valence-electron chi connectivity index (χ0n) is 2.30. The fraction of sp³-hybridized carbons (Fsp3) is 0. The van der Waals surface area contributed by atoms with Gasteiger partial charge in [0, 0.05) is 0 Å². The molecule has 0 radical (unpaired) electrons. The molecule has 1 aliphatic rings. The van der Waals surface area contributed by atoms with Gasteiger partial charge in [0.15, 0.2) is 0 Å². The molecule has 0 bridgehead atoms. The van der Waals surface area contributed by atoms with Crippen LogP contribution in [-0.4, -0.2) is 12.0 Å². The third-order valence-electron chi connectivity index (χ3n) is 0.291. The fourth-order valence-electron chi connectivity index (χ4n) is 0.0908. The topological polar surface area (TPSA) is 41.8 Å². The minimum Gasteiger partial charge on any atom is -0.242 e. The number of hydrogen-bond acceptors (Lipinski definition) is 1. The number of carbonyl (C=O) groups excluding carboxylic acids is 1. The molecule has 0 unspecified atom stereocenters. The van der Waals surface area contributed by atoms with Crippen LogP contribution in [0.3, 0.4) is 0 Å². The lowest BCUT2D eigenvalue weighted by molar-refractivity contribution is 0.255. The van der Waals surface area contributed by atoms with Gasteiger partial charge < -0.3 is 0 Å². The highest BCUT2D eigenvalue weighted by molar-refractivity contribution is 5.93. The van der Waals surface area contributed by atoms with E-state index in [1.54, 1.807) is 0 Å². The monoisotopic (exact) mass is 68.0 g/mol. The molecule has 0 saturated heterocycles. The Balaban J connectivity index is 2.96. The van der Waals surface area contributed by atoms with Crippen LogP contribution >= 0.6 is 0 Å². The van der Waals surface area contributed by atoms with Crippen LogP contribution in [0.15, 0.2) is 9.98 Å². The van der Waals surface area contributed by atoms with Gasteiger partial charge in [-0.15, -0.1) is 9.98 Å². The average molecular weight is 68.0 g/mol. The Hall–Kier alpha value is -0.950. The maximum Gasteiger partial charge on any atom is 0.386 e. The first kappa shape index (κ1) is 2.30. The van der Waals surface area contributed by atoms with Gasteiger partial charge in [-0.2, -0.15) is 0 Å². The first-order chi connectivity index (χ1) is 2.39. The Morgan fingerprint density at radius 2 is 2.00 bits per heavy atom. The number of aliphatic imine (C=N–C) groups is 2. The van der Waals surface area contributed by atoms with Gasteiger partial charge in [0.05, 0.1) is 0 Å². The molecular weight excluding hydrogens is 68.0 g/mol. The molecule has 0 fully saturated rings. The zero-order chi connectivity index (χ0) is 3.70. The molecule has 0 spiro atoms. The summed E-state index contributed by atoms with van der Waals surface area (Å²) in [4.78, 5) is 15.5. The van der Waals surface area contributed by atoms with Crippen LogP contribution in [0.2, 0.25) is 0 Å². The van der Waals surface area contributed by atoms with Crippen molar-refractivity contribution in [3.8, 4) is 0 Å². The number of amides is 2. The summed E-state index contributed by atoms with van der Waals surface area (Å²) in [6, 6.07) is 1.64. The lowest BCUT2D eigenvalue weighted by Gasteiger charge is -1.76. The van der Waals surface area contributed by atoms with Gasteiger partial charge in [-0.05, 0) is 0 Å². The van der Waals surface area contributed by atoms with Crippen molar-refractivity contribution in [2.75, 3.05) is 0 Å². The molecule has 1 rings (SSSR count). The van der Waals surface area contributed by atoms with Crippen molar-refractivity contribution >= 4 is 12.0 Å². The molecule has 0 saturated carbocycles. The van der Waals surface area contributed by atoms with Crippen LogP contribution in [0, 0.1) is 0 Å². The second kappa shape index (κ2) is 0.503. The van der Waals surface area contributed by atoms with Crippen molar-refractivity contribution in [3.05, 3.63) is 0 Å². The molecule has 24 valence electrons. The lowest BCUT2D eigenvalue weighted by Crippen LogP contribution is -1.88. The van der Waals surface area contributed by atoms with Crippen molar-refractivity contribution in [1.29, 1.82) is 0 Å². The Kier molecular flexibility index (Phi) is 0.231. The molecule has 1 heterocycles. The Morgan fingerprint density at radius 1 is 1.60 bits per heavy atom. The Morgan fingerprint density at radius 3 is 2.00 bits per heavy atom. The van der Waals surface area contributed by atoms with Crippen LogP contribution in [0.4, 0.5) is 4.79 Å². The van der Waals surface area contributed by atoms with Crippen LogP contribution in [0.25, 0.3) is 0 Å². The second-order valence-corrected chi connectivity index (χ2v) is 0.606. The third-order valence-corrected chi connectivity index (χ3v) is 0.291. The summed E-state index contributed by atoms with van der Waals surface area (Å²) in [5, 5.41) is 0. The predicted molar refractivity (Wildman–Crippen MR) is 15.3 cm³/mol. The van der Waals surface area contributed by atoms with Crippen molar-refractivity contribution in [1.82, 2.24) is 0 Å². The predicted octanol–water partition coefficient (Wildman–Crippen LogP) is 0.294. The number of urea groups is 1. The standard InChI is InChI=1S/C2N2O/c5-2-3-1-4-2. The van der Waals surface area contributed by atoms with Crippen LogP contribution in [0.1, 0.15) is 0 Å². The first-order valence-electron chi connectivity index (χ1n) is 1.10. The van der Waals surface area contributed by atoms with Crippen molar-refractivity contribution in [2.45, 2.75) is 0 Å². The van der Waals surface area contributed by atoms with Crippen molar-refractivity contribution < 1.29 is 4.79 Å². The molecule has 0 N–H and O–H groups in total. The normalized spacial score (nSPS) is 15.6. The number of hydrogen-bond donors (Lipinski definition) is 0. The van der Waals surface area contributed by atoms with E-state index in [2.05, 4.69) is 16.0 Å². The van der Waals surface area contributed by atoms with E-state index >= 15 is 0 Å². The van der Waals surface area contributed by atoms with Crippen molar-refractivity contribution in [2.24, 2.45) is 9.98 Å². The van der Waals surface area contributed by atoms with E-state index in [0.717, 1.165) is 0 Å². The molecule has 0 atom stereocenters. The van der Waals surface area contributed by atoms with Gasteiger partial charge in [-0.3, -0.25) is 0 Å². The minimum atomic E-state index is -0.426. The largest absolute Gasteiger partial charge is 0.386 e. The number of carbonyl (C=O) groups is 1. The van der Waals surface area contributed by atoms with Gasteiger partial charge >= 0.3 is 6.03 Å². The van der Waals surface area contributed by atoms with Crippen LogP contribution in [-0.2, 0) is 0 Å².